The van der Waals surface area contributed by atoms with Crippen LogP contribution in [0.5, 0.6) is 11.5 Å². The van der Waals surface area contributed by atoms with E-state index in [1.165, 1.54) is 12.1 Å². The van der Waals surface area contributed by atoms with E-state index in [-0.39, 0.29) is 24.3 Å². The molecule has 0 fully saturated rings. The van der Waals surface area contributed by atoms with E-state index in [0.717, 1.165) is 22.3 Å². The average Bonchev–Trinajstić information content (AvgIpc) is 2.60. The van der Waals surface area contributed by atoms with Crippen LogP contribution in [0.1, 0.15) is 22.3 Å². The van der Waals surface area contributed by atoms with Crippen LogP contribution in [0.25, 0.3) is 0 Å². The van der Waals surface area contributed by atoms with Gasteiger partial charge in [-0.05, 0) is 73.2 Å². The van der Waals surface area contributed by atoms with Gasteiger partial charge in [0.15, 0.2) is 0 Å². The van der Waals surface area contributed by atoms with E-state index in [0.29, 0.717) is 0 Å². The standard InChI is InChI=1S/C11H15NO3.C9H11NO3/c1-6-3-8(13)4-7(2)9(6)5-10(12)11(14)15;10-8(9(12)13)5-6-1-3-7(11)4-2-6/h3-4,10,13H,5,12H2,1-2H3,(H,14,15);1-4,8,11H,5,10H2,(H,12,13). The Kier molecular flexibility index (Phi) is 8.43. The van der Waals surface area contributed by atoms with Gasteiger partial charge in [0, 0.05) is 0 Å². The molecular formula is C20H26N2O6. The zero-order valence-corrected chi connectivity index (χ0v) is 15.8. The SMILES string of the molecule is Cc1cc(O)cc(C)c1CC(N)C(=O)O.NC(Cc1ccc(O)cc1)C(=O)O. The molecule has 2 unspecified atom stereocenters. The fourth-order valence-electron chi connectivity index (χ4n) is 2.57. The first kappa shape index (κ1) is 22.9. The van der Waals surface area contributed by atoms with Crippen molar-refractivity contribution in [2.75, 3.05) is 0 Å². The smallest absolute Gasteiger partial charge is 0.320 e. The summed E-state index contributed by atoms with van der Waals surface area (Å²) in [6.45, 7) is 3.66. The van der Waals surface area contributed by atoms with Gasteiger partial charge < -0.3 is 31.9 Å². The average molecular weight is 390 g/mol. The molecule has 8 N–H and O–H groups in total. The Morgan fingerprint density at radius 2 is 1.25 bits per heavy atom. The fourth-order valence-corrected chi connectivity index (χ4v) is 2.57. The number of nitrogens with two attached hydrogens (primary N) is 2. The second-order valence-corrected chi connectivity index (χ2v) is 6.52. The Morgan fingerprint density at radius 3 is 1.68 bits per heavy atom. The molecule has 0 amide bonds. The molecule has 0 bridgehead atoms. The van der Waals surface area contributed by atoms with E-state index < -0.39 is 24.0 Å². The van der Waals surface area contributed by atoms with Gasteiger partial charge in [-0.2, -0.15) is 0 Å². The molecule has 8 heteroatoms. The predicted octanol–water partition coefficient (Wildman–Crippen LogP) is 1.31. The molecule has 0 heterocycles. The molecule has 0 spiro atoms. The van der Waals surface area contributed by atoms with Gasteiger partial charge in [0.1, 0.15) is 23.6 Å². The number of aryl methyl sites for hydroxylation is 2. The lowest BCUT2D eigenvalue weighted by Gasteiger charge is -2.12. The van der Waals surface area contributed by atoms with Gasteiger partial charge in [-0.15, -0.1) is 0 Å². The molecule has 28 heavy (non-hydrogen) atoms. The summed E-state index contributed by atoms with van der Waals surface area (Å²) in [7, 11) is 0. The van der Waals surface area contributed by atoms with Crippen LogP contribution < -0.4 is 11.5 Å². The van der Waals surface area contributed by atoms with Crippen LogP contribution in [-0.2, 0) is 22.4 Å². The maximum Gasteiger partial charge on any atom is 0.320 e. The lowest BCUT2D eigenvalue weighted by atomic mass is 9.96. The number of hydrogen-bond donors (Lipinski definition) is 6. The summed E-state index contributed by atoms with van der Waals surface area (Å²) < 4.78 is 0. The third-order valence-electron chi connectivity index (χ3n) is 4.13. The number of phenolic OH excluding ortho intramolecular Hbond substituents is 2. The number of phenols is 2. The number of carboxylic acid groups (broad SMARTS) is 2. The third kappa shape index (κ3) is 7.26. The Bertz CT molecular complexity index is 797. The van der Waals surface area contributed by atoms with E-state index >= 15 is 0 Å². The normalized spacial score (nSPS) is 12.4. The van der Waals surface area contributed by atoms with Gasteiger partial charge >= 0.3 is 11.9 Å². The molecule has 8 nitrogen and oxygen atoms in total. The minimum atomic E-state index is -1.02. The molecule has 2 rings (SSSR count). The number of carbonyl (C=O) groups is 2. The van der Waals surface area contributed by atoms with Crippen LogP contribution in [0.2, 0.25) is 0 Å². The Balaban J connectivity index is 0.000000283. The van der Waals surface area contributed by atoms with Crippen molar-refractivity contribution in [3.05, 3.63) is 58.7 Å². The van der Waals surface area contributed by atoms with Crippen molar-refractivity contribution in [1.29, 1.82) is 0 Å². The Morgan fingerprint density at radius 1 is 0.821 bits per heavy atom. The quantitative estimate of drug-likeness (QED) is 0.429. The summed E-state index contributed by atoms with van der Waals surface area (Å²) in [5.41, 5.74) is 14.2. The van der Waals surface area contributed by atoms with Crippen LogP contribution >= 0.6 is 0 Å². The molecule has 0 saturated carbocycles. The van der Waals surface area contributed by atoms with Crippen molar-refractivity contribution in [2.45, 2.75) is 38.8 Å². The highest BCUT2D eigenvalue weighted by Crippen LogP contribution is 2.21. The van der Waals surface area contributed by atoms with Crippen LogP contribution in [0.15, 0.2) is 36.4 Å². The molecule has 152 valence electrons. The van der Waals surface area contributed by atoms with Crippen molar-refractivity contribution in [3.63, 3.8) is 0 Å². The van der Waals surface area contributed by atoms with E-state index in [4.69, 9.17) is 26.8 Å². The zero-order valence-electron chi connectivity index (χ0n) is 15.8. The molecule has 2 aromatic carbocycles. The minimum absolute atomic E-state index is 0.160. The summed E-state index contributed by atoms with van der Waals surface area (Å²) in [5, 5.41) is 35.5. The van der Waals surface area contributed by atoms with Gasteiger partial charge in [-0.25, -0.2) is 0 Å². The van der Waals surface area contributed by atoms with Crippen LogP contribution in [0, 0.1) is 13.8 Å². The maximum absolute atomic E-state index is 10.6. The molecule has 2 atom stereocenters. The lowest BCUT2D eigenvalue weighted by Crippen LogP contribution is -2.32. The van der Waals surface area contributed by atoms with Gasteiger partial charge in [0.25, 0.3) is 0 Å². The van der Waals surface area contributed by atoms with E-state index in [9.17, 15) is 14.7 Å². The second-order valence-electron chi connectivity index (χ2n) is 6.52. The number of benzene rings is 2. The summed E-state index contributed by atoms with van der Waals surface area (Å²) in [6.07, 6.45) is 0.558. The molecule has 0 saturated heterocycles. The van der Waals surface area contributed by atoms with Gasteiger partial charge in [0.05, 0.1) is 0 Å². The molecule has 2 aromatic rings. The van der Waals surface area contributed by atoms with Gasteiger partial charge in [0.2, 0.25) is 0 Å². The number of aromatic hydroxyl groups is 2. The maximum atomic E-state index is 10.6. The van der Waals surface area contributed by atoms with Crippen molar-refractivity contribution in [3.8, 4) is 11.5 Å². The van der Waals surface area contributed by atoms with Crippen molar-refractivity contribution in [1.82, 2.24) is 0 Å². The first-order valence-electron chi connectivity index (χ1n) is 8.55. The Hall–Kier alpha value is -3.10. The molecule has 0 radical (unpaired) electrons. The highest BCUT2D eigenvalue weighted by Gasteiger charge is 2.15. The number of carboxylic acids is 2. The topological polar surface area (TPSA) is 167 Å². The van der Waals surface area contributed by atoms with Crippen LogP contribution in [-0.4, -0.2) is 44.4 Å². The van der Waals surface area contributed by atoms with Crippen LogP contribution in [0.4, 0.5) is 0 Å². The second kappa shape index (κ2) is 10.3. The number of rotatable bonds is 6. The lowest BCUT2D eigenvalue weighted by molar-refractivity contribution is -0.139. The minimum Gasteiger partial charge on any atom is -0.508 e. The number of hydrogen-bond acceptors (Lipinski definition) is 6. The molecule has 0 aliphatic rings. The van der Waals surface area contributed by atoms with E-state index in [1.54, 1.807) is 24.3 Å². The Labute approximate surface area is 163 Å². The molecule has 0 aromatic heterocycles. The highest BCUT2D eigenvalue weighted by molar-refractivity contribution is 5.74. The first-order valence-corrected chi connectivity index (χ1v) is 8.55. The summed E-state index contributed by atoms with van der Waals surface area (Å²) in [4.78, 5) is 21.0. The third-order valence-corrected chi connectivity index (χ3v) is 4.13. The van der Waals surface area contributed by atoms with Crippen molar-refractivity contribution >= 4 is 11.9 Å². The molecule has 0 aliphatic heterocycles. The summed E-state index contributed by atoms with van der Waals surface area (Å²) in [6, 6.07) is 7.74. The molecule has 0 aliphatic carbocycles. The zero-order chi connectivity index (χ0) is 21.4. The summed E-state index contributed by atoms with van der Waals surface area (Å²) in [5.74, 6) is -1.68. The van der Waals surface area contributed by atoms with E-state index in [1.807, 2.05) is 13.8 Å². The van der Waals surface area contributed by atoms with Gasteiger partial charge in [-0.3, -0.25) is 9.59 Å². The molecular weight excluding hydrogens is 364 g/mol. The van der Waals surface area contributed by atoms with Crippen molar-refractivity contribution in [2.24, 2.45) is 11.5 Å². The predicted molar refractivity (Wildman–Crippen MR) is 104 cm³/mol. The monoisotopic (exact) mass is 390 g/mol. The van der Waals surface area contributed by atoms with Gasteiger partial charge in [-0.1, -0.05) is 12.1 Å². The van der Waals surface area contributed by atoms with E-state index in [2.05, 4.69) is 0 Å². The number of aliphatic carboxylic acids is 2. The van der Waals surface area contributed by atoms with Crippen LogP contribution in [0.3, 0.4) is 0 Å². The van der Waals surface area contributed by atoms with Crippen molar-refractivity contribution < 1.29 is 30.0 Å². The summed E-state index contributed by atoms with van der Waals surface area (Å²) >= 11 is 0. The first-order chi connectivity index (χ1) is 13.0. The fraction of sp³-hybridized carbons (Fsp3) is 0.300. The highest BCUT2D eigenvalue weighted by atomic mass is 16.4. The largest absolute Gasteiger partial charge is 0.508 e.